The van der Waals surface area contributed by atoms with Crippen LogP contribution in [0.15, 0.2) is 60.7 Å². The molecule has 58 heavy (non-hydrogen) atoms. The van der Waals surface area contributed by atoms with Gasteiger partial charge in [0.05, 0.1) is 0 Å². The van der Waals surface area contributed by atoms with Crippen LogP contribution in [-0.4, -0.2) is 83.6 Å². The van der Waals surface area contributed by atoms with Crippen LogP contribution in [0.3, 0.4) is 0 Å². The maximum atomic E-state index is 14.2. The number of amides is 7. The molecule has 1 fully saturated rings. The van der Waals surface area contributed by atoms with Crippen LogP contribution in [0, 0.1) is 23.7 Å². The highest BCUT2D eigenvalue weighted by molar-refractivity contribution is 5.98. The number of hydrogen-bond donors (Lipinski definition) is 7. The van der Waals surface area contributed by atoms with Crippen molar-refractivity contribution in [2.24, 2.45) is 23.7 Å². The summed E-state index contributed by atoms with van der Waals surface area (Å²) in [6.45, 7) is 16.1. The molecule has 14 heteroatoms. The Kier molecular flexibility index (Phi) is 18.4. The molecule has 0 radical (unpaired) electrons. The zero-order chi connectivity index (χ0) is 43.1. The molecule has 1 aliphatic rings. The molecule has 14 nitrogen and oxygen atoms in total. The van der Waals surface area contributed by atoms with E-state index < -0.39 is 89.6 Å². The second kappa shape index (κ2) is 22.6. The Bertz CT molecular complexity index is 1700. The van der Waals surface area contributed by atoms with E-state index in [2.05, 4.69) is 37.2 Å². The van der Waals surface area contributed by atoms with E-state index in [0.29, 0.717) is 12.8 Å². The number of hydrogen-bond acceptors (Lipinski definition) is 7. The minimum Gasteiger partial charge on any atom is -0.343 e. The number of carbonyl (C=O) groups is 7. The molecule has 3 rings (SSSR count). The molecule has 2 aromatic rings. The zero-order valence-corrected chi connectivity index (χ0v) is 35.5. The van der Waals surface area contributed by atoms with Gasteiger partial charge in [-0.2, -0.15) is 0 Å². The monoisotopic (exact) mass is 803 g/mol. The number of rotatable bonds is 11. The Hall–Kier alpha value is -5.27. The van der Waals surface area contributed by atoms with Crippen LogP contribution < -0.4 is 37.2 Å². The van der Waals surface area contributed by atoms with E-state index in [1.54, 1.807) is 39.8 Å². The van der Waals surface area contributed by atoms with Crippen molar-refractivity contribution in [3.63, 3.8) is 0 Å². The van der Waals surface area contributed by atoms with E-state index in [1.165, 1.54) is 6.92 Å². The third kappa shape index (κ3) is 14.0. The molecule has 7 N–H and O–H groups in total. The van der Waals surface area contributed by atoms with E-state index in [4.69, 9.17) is 0 Å². The van der Waals surface area contributed by atoms with Crippen molar-refractivity contribution in [2.45, 2.75) is 137 Å². The predicted octanol–water partition coefficient (Wildman–Crippen LogP) is 2.69. The van der Waals surface area contributed by atoms with Crippen molar-refractivity contribution in [3.8, 4) is 0 Å². The lowest BCUT2D eigenvalue weighted by Gasteiger charge is -2.31. The highest BCUT2D eigenvalue weighted by atomic mass is 16.2. The third-order valence-corrected chi connectivity index (χ3v) is 10.8. The summed E-state index contributed by atoms with van der Waals surface area (Å²) in [4.78, 5) is 98.2. The van der Waals surface area contributed by atoms with Gasteiger partial charge in [-0.3, -0.25) is 33.6 Å². The minimum atomic E-state index is -1.15. The van der Waals surface area contributed by atoms with Gasteiger partial charge < -0.3 is 37.2 Å². The predicted molar refractivity (Wildman–Crippen MR) is 223 cm³/mol. The maximum absolute atomic E-state index is 14.2. The molecular weight excluding hydrogens is 739 g/mol. The molecule has 0 spiro atoms. The van der Waals surface area contributed by atoms with Gasteiger partial charge in [-0.05, 0) is 48.1 Å². The first-order valence-electron chi connectivity index (χ1n) is 20.7. The maximum Gasteiger partial charge on any atom is 0.243 e. The van der Waals surface area contributed by atoms with Crippen molar-refractivity contribution in [1.29, 1.82) is 0 Å². The number of carbonyl (C=O) groups excluding carboxylic acids is 7. The second-order valence-corrected chi connectivity index (χ2v) is 16.4. The molecule has 0 aromatic heterocycles. The van der Waals surface area contributed by atoms with Gasteiger partial charge >= 0.3 is 0 Å². The van der Waals surface area contributed by atoms with Gasteiger partial charge in [-0.1, -0.05) is 129 Å². The molecule has 0 saturated carbocycles. The van der Waals surface area contributed by atoms with Gasteiger partial charge in [-0.25, -0.2) is 0 Å². The van der Waals surface area contributed by atoms with Crippen molar-refractivity contribution in [1.82, 2.24) is 37.2 Å². The largest absolute Gasteiger partial charge is 0.343 e. The van der Waals surface area contributed by atoms with Gasteiger partial charge in [0.25, 0.3) is 0 Å². The van der Waals surface area contributed by atoms with Crippen LogP contribution in [0.5, 0.6) is 0 Å². The Balaban J connectivity index is 2.15. The Morgan fingerprint density at radius 3 is 1.26 bits per heavy atom. The van der Waals surface area contributed by atoms with E-state index in [1.807, 2.05) is 76.2 Å². The standard InChI is InChI=1S/C44H65N7O7/c1-10-27(7)36-43(57)48-34(24-31-20-16-13-17-21-31)41(55)49-35(26(5)6)42(56)47-32(22-25(3)4)40(54)46-33(23-30-18-14-12-15-19-30)39(53)45-29(9)38(52)50-37(28(8)11-2)44(58)51-36/h12-21,25-29,32-37H,10-11,22-24H2,1-9H3,(H,45,53)(H,46,54)(H,47,56)(H,48,57)(H,49,55)(H,50,52)(H,51,58). The molecule has 318 valence electrons. The SMILES string of the molecule is CCC(C)C1NC(=O)C(C)NC(=O)C(Cc2ccccc2)NC(=O)C(CC(C)C)NC(=O)C(C(C)C)NC(=O)C(Cc2ccccc2)NC(=O)C(C(C)CC)NC1=O. The first-order valence-corrected chi connectivity index (χ1v) is 20.7. The molecular formula is C44H65N7O7. The third-order valence-electron chi connectivity index (χ3n) is 10.8. The summed E-state index contributed by atoms with van der Waals surface area (Å²) in [6, 6.07) is 10.4. The second-order valence-electron chi connectivity index (χ2n) is 16.4. The van der Waals surface area contributed by atoms with Crippen molar-refractivity contribution < 1.29 is 33.6 Å². The normalized spacial score (nSPS) is 25.8. The Morgan fingerprint density at radius 2 is 0.810 bits per heavy atom. The number of benzene rings is 2. The highest BCUT2D eigenvalue weighted by Crippen LogP contribution is 2.15. The van der Waals surface area contributed by atoms with Crippen molar-refractivity contribution in [2.75, 3.05) is 0 Å². The summed E-state index contributed by atoms with van der Waals surface area (Å²) in [6.07, 6.45) is 1.39. The van der Waals surface area contributed by atoms with Gasteiger partial charge in [0.15, 0.2) is 0 Å². The lowest BCUT2D eigenvalue weighted by molar-refractivity contribution is -0.136. The van der Waals surface area contributed by atoms with Gasteiger partial charge in [0.1, 0.15) is 42.3 Å². The fraction of sp³-hybridized carbons (Fsp3) is 0.568. The first kappa shape index (κ1) is 47.1. The molecule has 1 aliphatic heterocycles. The molecule has 1 heterocycles. The Labute approximate surface area is 343 Å². The molecule has 7 amide bonds. The van der Waals surface area contributed by atoms with Crippen LogP contribution in [0.2, 0.25) is 0 Å². The topological polar surface area (TPSA) is 204 Å². The van der Waals surface area contributed by atoms with Crippen LogP contribution in [-0.2, 0) is 46.4 Å². The summed E-state index contributed by atoms with van der Waals surface area (Å²) in [7, 11) is 0. The molecule has 1 saturated heterocycles. The van der Waals surface area contributed by atoms with E-state index in [9.17, 15) is 33.6 Å². The van der Waals surface area contributed by atoms with E-state index in [0.717, 1.165) is 11.1 Å². The Morgan fingerprint density at radius 1 is 0.448 bits per heavy atom. The van der Waals surface area contributed by atoms with E-state index >= 15 is 0 Å². The quantitative estimate of drug-likeness (QED) is 0.181. The molecule has 2 aromatic carbocycles. The smallest absolute Gasteiger partial charge is 0.243 e. The summed E-state index contributed by atoms with van der Waals surface area (Å²) in [5.41, 5.74) is 1.49. The summed E-state index contributed by atoms with van der Waals surface area (Å²) in [5, 5.41) is 19.7. The number of nitrogens with one attached hydrogen (secondary N) is 7. The average molecular weight is 804 g/mol. The van der Waals surface area contributed by atoms with Gasteiger partial charge in [-0.15, -0.1) is 0 Å². The summed E-state index contributed by atoms with van der Waals surface area (Å²) in [5.74, 6) is -5.59. The first-order chi connectivity index (χ1) is 27.4. The van der Waals surface area contributed by atoms with Crippen LogP contribution >= 0.6 is 0 Å². The van der Waals surface area contributed by atoms with Crippen LogP contribution in [0.25, 0.3) is 0 Å². The highest BCUT2D eigenvalue weighted by Gasteiger charge is 2.37. The van der Waals surface area contributed by atoms with E-state index in [-0.39, 0.29) is 37.0 Å². The van der Waals surface area contributed by atoms with Gasteiger partial charge in [0, 0.05) is 12.8 Å². The molecule has 9 unspecified atom stereocenters. The lowest BCUT2D eigenvalue weighted by Crippen LogP contribution is -2.62. The fourth-order valence-electron chi connectivity index (χ4n) is 6.71. The molecule has 9 atom stereocenters. The molecule has 0 aliphatic carbocycles. The lowest BCUT2D eigenvalue weighted by atomic mass is 9.94. The van der Waals surface area contributed by atoms with Crippen LogP contribution in [0.4, 0.5) is 0 Å². The zero-order valence-electron chi connectivity index (χ0n) is 35.5. The average Bonchev–Trinajstić information content (AvgIpc) is 3.19. The summed E-state index contributed by atoms with van der Waals surface area (Å²) < 4.78 is 0. The fourth-order valence-corrected chi connectivity index (χ4v) is 6.71. The van der Waals surface area contributed by atoms with Crippen LogP contribution in [0.1, 0.15) is 92.7 Å². The van der Waals surface area contributed by atoms with Crippen molar-refractivity contribution in [3.05, 3.63) is 71.8 Å². The minimum absolute atomic E-state index is 0.0542. The van der Waals surface area contributed by atoms with Gasteiger partial charge in [0.2, 0.25) is 41.4 Å². The van der Waals surface area contributed by atoms with Crippen molar-refractivity contribution >= 4 is 41.4 Å². The summed E-state index contributed by atoms with van der Waals surface area (Å²) >= 11 is 0. The molecule has 0 bridgehead atoms.